The number of rotatable bonds is 8. The summed E-state index contributed by atoms with van der Waals surface area (Å²) in [7, 11) is 3.53. The van der Waals surface area contributed by atoms with E-state index in [4.69, 9.17) is 9.47 Å². The van der Waals surface area contributed by atoms with E-state index in [1.54, 1.807) is 19.5 Å². The van der Waals surface area contributed by atoms with Gasteiger partial charge in [-0.15, -0.1) is 0 Å². The maximum Gasteiger partial charge on any atom is 0.0701 e. The van der Waals surface area contributed by atoms with Crippen molar-refractivity contribution in [1.29, 1.82) is 0 Å². The molecule has 0 aliphatic rings. The Kier molecular flexibility index (Phi) is 6.29. The second-order valence-electron chi connectivity index (χ2n) is 3.24. The Hall–Kier alpha value is -1.33. The molecule has 0 radical (unpaired) electrons. The molecule has 5 heteroatoms. The van der Waals surface area contributed by atoms with Crippen molar-refractivity contribution in [3.05, 3.63) is 18.5 Å². The smallest absolute Gasteiger partial charge is 0.0701 e. The largest absolute Gasteiger partial charge is 0.387 e. The number of anilines is 2. The molecule has 0 fully saturated rings. The molecule has 0 aliphatic heterocycles. The van der Waals surface area contributed by atoms with Gasteiger partial charge in [-0.25, -0.2) is 0 Å². The van der Waals surface area contributed by atoms with Gasteiger partial charge in [0.1, 0.15) is 0 Å². The zero-order valence-corrected chi connectivity index (χ0v) is 9.82. The van der Waals surface area contributed by atoms with Crippen LogP contribution in [0.3, 0.4) is 0 Å². The van der Waals surface area contributed by atoms with E-state index in [-0.39, 0.29) is 0 Å². The zero-order chi connectivity index (χ0) is 11.6. The number of aromatic nitrogens is 1. The highest BCUT2D eigenvalue weighted by atomic mass is 16.5. The van der Waals surface area contributed by atoms with Gasteiger partial charge in [0, 0.05) is 20.7 Å². The van der Waals surface area contributed by atoms with Gasteiger partial charge in [-0.2, -0.15) is 0 Å². The molecule has 0 saturated carbocycles. The molecule has 1 aromatic heterocycles. The van der Waals surface area contributed by atoms with E-state index in [1.165, 1.54) is 0 Å². The fraction of sp³-hybridized carbons (Fsp3) is 0.545. The van der Waals surface area contributed by atoms with Crippen LogP contribution in [0.15, 0.2) is 18.5 Å². The quantitative estimate of drug-likeness (QED) is 0.651. The second kappa shape index (κ2) is 7.90. The molecule has 1 rings (SSSR count). The molecular weight excluding hydrogens is 206 g/mol. The van der Waals surface area contributed by atoms with E-state index in [0.717, 1.165) is 17.9 Å². The standard InChI is InChI=1S/C11H19N3O2/c1-12-10-7-11(9-13-8-10)14-3-4-16-6-5-15-2/h7-9,12,14H,3-6H2,1-2H3. The van der Waals surface area contributed by atoms with Crippen LogP contribution in [0.1, 0.15) is 0 Å². The molecule has 0 atom stereocenters. The van der Waals surface area contributed by atoms with Crippen LogP contribution in [-0.2, 0) is 9.47 Å². The molecule has 1 aromatic rings. The molecule has 5 nitrogen and oxygen atoms in total. The highest BCUT2D eigenvalue weighted by Crippen LogP contribution is 2.11. The van der Waals surface area contributed by atoms with Gasteiger partial charge in [0.15, 0.2) is 0 Å². The van der Waals surface area contributed by atoms with Crippen LogP contribution in [0.25, 0.3) is 0 Å². The minimum Gasteiger partial charge on any atom is -0.387 e. The summed E-state index contributed by atoms with van der Waals surface area (Å²) in [5, 5.41) is 6.26. The molecular formula is C11H19N3O2. The summed E-state index contributed by atoms with van der Waals surface area (Å²) in [5.41, 5.74) is 1.98. The van der Waals surface area contributed by atoms with Crippen molar-refractivity contribution in [3.8, 4) is 0 Å². The SMILES string of the molecule is CNc1cncc(NCCOCCOC)c1. The molecule has 90 valence electrons. The van der Waals surface area contributed by atoms with Gasteiger partial charge in [-0.1, -0.05) is 0 Å². The van der Waals surface area contributed by atoms with Crippen LogP contribution in [0, 0.1) is 0 Å². The van der Waals surface area contributed by atoms with Crippen molar-refractivity contribution in [1.82, 2.24) is 4.98 Å². The molecule has 0 aliphatic carbocycles. The van der Waals surface area contributed by atoms with Crippen LogP contribution < -0.4 is 10.6 Å². The monoisotopic (exact) mass is 225 g/mol. The molecule has 0 bridgehead atoms. The number of nitrogens with zero attached hydrogens (tertiary/aromatic N) is 1. The van der Waals surface area contributed by atoms with E-state index < -0.39 is 0 Å². The molecule has 2 N–H and O–H groups in total. The van der Waals surface area contributed by atoms with Crippen molar-refractivity contribution in [2.45, 2.75) is 0 Å². The fourth-order valence-electron chi connectivity index (χ4n) is 1.19. The summed E-state index contributed by atoms with van der Waals surface area (Å²) in [6.07, 6.45) is 3.57. The Labute approximate surface area is 96.2 Å². The third kappa shape index (κ3) is 4.95. The fourth-order valence-corrected chi connectivity index (χ4v) is 1.19. The van der Waals surface area contributed by atoms with Crippen molar-refractivity contribution in [2.75, 3.05) is 51.2 Å². The third-order valence-corrected chi connectivity index (χ3v) is 2.03. The summed E-state index contributed by atoms with van der Waals surface area (Å²) in [5.74, 6) is 0. The molecule has 0 aromatic carbocycles. The first kappa shape index (κ1) is 12.7. The van der Waals surface area contributed by atoms with Crippen LogP contribution in [0.4, 0.5) is 11.4 Å². The first-order valence-corrected chi connectivity index (χ1v) is 5.30. The van der Waals surface area contributed by atoms with Gasteiger partial charge in [0.05, 0.1) is 43.6 Å². The lowest BCUT2D eigenvalue weighted by molar-refractivity contribution is 0.0759. The average molecular weight is 225 g/mol. The van der Waals surface area contributed by atoms with Crippen LogP contribution >= 0.6 is 0 Å². The molecule has 0 saturated heterocycles. The van der Waals surface area contributed by atoms with Crippen LogP contribution in [0.5, 0.6) is 0 Å². The summed E-state index contributed by atoms with van der Waals surface area (Å²) < 4.78 is 10.2. The number of pyridine rings is 1. The number of hydrogen-bond acceptors (Lipinski definition) is 5. The molecule has 0 unspecified atom stereocenters. The van der Waals surface area contributed by atoms with E-state index in [0.29, 0.717) is 19.8 Å². The van der Waals surface area contributed by atoms with E-state index >= 15 is 0 Å². The lowest BCUT2D eigenvalue weighted by atomic mass is 10.3. The van der Waals surface area contributed by atoms with Gasteiger partial charge < -0.3 is 20.1 Å². The maximum absolute atomic E-state index is 5.33. The summed E-state index contributed by atoms with van der Waals surface area (Å²) in [4.78, 5) is 4.10. The van der Waals surface area contributed by atoms with E-state index in [1.807, 2.05) is 13.1 Å². The highest BCUT2D eigenvalue weighted by molar-refractivity contribution is 5.53. The average Bonchev–Trinajstić information content (AvgIpc) is 2.34. The predicted octanol–water partition coefficient (Wildman–Crippen LogP) is 1.20. The van der Waals surface area contributed by atoms with Crippen molar-refractivity contribution >= 4 is 11.4 Å². The van der Waals surface area contributed by atoms with E-state index in [2.05, 4.69) is 15.6 Å². The van der Waals surface area contributed by atoms with Gasteiger partial charge in [-0.05, 0) is 6.07 Å². The van der Waals surface area contributed by atoms with Crippen molar-refractivity contribution in [2.24, 2.45) is 0 Å². The zero-order valence-electron chi connectivity index (χ0n) is 9.82. The Balaban J connectivity index is 2.16. The molecule has 16 heavy (non-hydrogen) atoms. The Morgan fingerprint density at radius 3 is 2.75 bits per heavy atom. The van der Waals surface area contributed by atoms with Gasteiger partial charge in [0.25, 0.3) is 0 Å². The molecule has 1 heterocycles. The number of ether oxygens (including phenoxy) is 2. The lowest BCUT2D eigenvalue weighted by Crippen LogP contribution is -2.12. The third-order valence-electron chi connectivity index (χ3n) is 2.03. The first-order chi connectivity index (χ1) is 7.86. The summed E-state index contributed by atoms with van der Waals surface area (Å²) in [6, 6.07) is 2.00. The van der Waals surface area contributed by atoms with Gasteiger partial charge in [0.2, 0.25) is 0 Å². The minimum atomic E-state index is 0.632. The first-order valence-electron chi connectivity index (χ1n) is 5.30. The second-order valence-corrected chi connectivity index (χ2v) is 3.24. The molecule has 0 spiro atoms. The number of hydrogen-bond donors (Lipinski definition) is 2. The van der Waals surface area contributed by atoms with Gasteiger partial charge in [-0.3, -0.25) is 4.98 Å². The Morgan fingerprint density at radius 2 is 2.00 bits per heavy atom. The number of nitrogens with one attached hydrogen (secondary N) is 2. The van der Waals surface area contributed by atoms with Crippen molar-refractivity contribution in [3.63, 3.8) is 0 Å². The lowest BCUT2D eigenvalue weighted by Gasteiger charge is -2.08. The normalized spacial score (nSPS) is 10.1. The maximum atomic E-state index is 5.33. The summed E-state index contributed by atoms with van der Waals surface area (Å²) >= 11 is 0. The van der Waals surface area contributed by atoms with Crippen LogP contribution in [0.2, 0.25) is 0 Å². The van der Waals surface area contributed by atoms with E-state index in [9.17, 15) is 0 Å². The highest BCUT2D eigenvalue weighted by Gasteiger charge is 1.94. The topological polar surface area (TPSA) is 55.4 Å². The molecule has 0 amide bonds. The Morgan fingerprint density at radius 1 is 1.19 bits per heavy atom. The van der Waals surface area contributed by atoms with Crippen LogP contribution in [-0.4, -0.2) is 45.5 Å². The van der Waals surface area contributed by atoms with Gasteiger partial charge >= 0.3 is 0 Å². The Bertz CT molecular complexity index is 294. The minimum absolute atomic E-state index is 0.632. The number of methoxy groups -OCH3 is 1. The van der Waals surface area contributed by atoms with Crippen molar-refractivity contribution < 1.29 is 9.47 Å². The predicted molar refractivity (Wildman–Crippen MR) is 65.0 cm³/mol. The summed E-state index contributed by atoms with van der Waals surface area (Å²) in [6.45, 7) is 2.69.